The first-order valence-electron chi connectivity index (χ1n) is 14.2. The summed E-state index contributed by atoms with van der Waals surface area (Å²) in [7, 11) is 0. The van der Waals surface area contributed by atoms with Crippen LogP contribution >= 0.6 is 15.9 Å². The maximum Gasteiger partial charge on any atom is 0.411 e. The summed E-state index contributed by atoms with van der Waals surface area (Å²) >= 11 is 3.67. The molecule has 42 heavy (non-hydrogen) atoms. The third kappa shape index (κ3) is 7.11. The van der Waals surface area contributed by atoms with Gasteiger partial charge in [-0.1, -0.05) is 38.1 Å². The molecular weight excluding hydrogens is 598 g/mol. The molecule has 220 valence electrons. The zero-order chi connectivity index (χ0) is 30.2. The molecule has 0 bridgehead atoms. The molecule has 1 N–H and O–H groups in total. The lowest BCUT2D eigenvalue weighted by molar-refractivity contribution is -0.117. The Morgan fingerprint density at radius 1 is 1.21 bits per heavy atom. The third-order valence-corrected chi connectivity index (χ3v) is 8.00. The predicted octanol–water partition coefficient (Wildman–Crippen LogP) is 7.89. The standard InChI is InChI=1S/C33H36BrN3O5/c1-5-8-22-14-27-31(28(38)15-22)30(25(18-35)20(4)36-27)23-16-26(34)32(29(17-23)40-7-3)42-19-21-9-11-24(12-10-21)37-33(39)41-13-6-2/h6,9-12,16-17,22,25,30H,2,5,7-8,13-15,19H2,1,3-4H3,(H,37,39). The summed E-state index contributed by atoms with van der Waals surface area (Å²) in [4.78, 5) is 30.0. The Balaban J connectivity index is 1.59. The summed E-state index contributed by atoms with van der Waals surface area (Å²) in [5.41, 5.74) is 4.49. The molecule has 4 rings (SSSR count). The van der Waals surface area contributed by atoms with Crippen molar-refractivity contribution in [3.63, 3.8) is 0 Å². The van der Waals surface area contributed by atoms with Gasteiger partial charge in [-0.05, 0) is 83.9 Å². The van der Waals surface area contributed by atoms with Crippen LogP contribution in [0.4, 0.5) is 10.5 Å². The number of nitrogens with zero attached hydrogens (tertiary/aromatic N) is 2. The highest BCUT2D eigenvalue weighted by atomic mass is 79.9. The number of carbonyl (C=O) groups excluding carboxylic acids is 2. The number of ketones is 1. The van der Waals surface area contributed by atoms with Crippen molar-refractivity contribution in [3.05, 3.63) is 75.9 Å². The van der Waals surface area contributed by atoms with Gasteiger partial charge in [0.05, 0.1) is 23.1 Å². The molecule has 0 spiro atoms. The van der Waals surface area contributed by atoms with Gasteiger partial charge in [-0.3, -0.25) is 15.1 Å². The fraction of sp³-hybridized carbons (Fsp3) is 0.394. The minimum Gasteiger partial charge on any atom is -0.490 e. The van der Waals surface area contributed by atoms with Gasteiger partial charge in [-0.25, -0.2) is 4.79 Å². The number of Topliss-reactive ketones (excluding diaryl/α,β-unsaturated/α-hetero) is 1. The van der Waals surface area contributed by atoms with E-state index < -0.39 is 17.9 Å². The van der Waals surface area contributed by atoms with Gasteiger partial charge < -0.3 is 14.2 Å². The van der Waals surface area contributed by atoms with E-state index in [1.165, 1.54) is 6.08 Å². The van der Waals surface area contributed by atoms with E-state index >= 15 is 0 Å². The van der Waals surface area contributed by atoms with Crippen LogP contribution in [0.25, 0.3) is 0 Å². The van der Waals surface area contributed by atoms with Gasteiger partial charge in [-0.2, -0.15) is 5.26 Å². The third-order valence-electron chi connectivity index (χ3n) is 7.42. The Hall–Kier alpha value is -3.90. The van der Waals surface area contributed by atoms with Crippen LogP contribution in [-0.4, -0.2) is 30.8 Å². The number of allylic oxidation sites excluding steroid dienone is 2. The fourth-order valence-corrected chi connectivity index (χ4v) is 6.15. The average molecular weight is 635 g/mol. The van der Waals surface area contributed by atoms with E-state index in [9.17, 15) is 14.9 Å². The molecule has 0 saturated carbocycles. The van der Waals surface area contributed by atoms with E-state index in [2.05, 4.69) is 40.8 Å². The van der Waals surface area contributed by atoms with Crippen LogP contribution < -0.4 is 14.8 Å². The molecule has 9 heteroatoms. The largest absolute Gasteiger partial charge is 0.490 e. The average Bonchev–Trinajstić information content (AvgIpc) is 2.96. The van der Waals surface area contributed by atoms with E-state index in [0.717, 1.165) is 41.8 Å². The number of rotatable bonds is 11. The number of amides is 1. The SMILES string of the molecule is C=CCOC(=O)Nc1ccc(COc2c(Br)cc(C3C4=C(CC(CCC)CC4=O)N=C(C)C3C#N)cc2OCC)cc1. The number of ether oxygens (including phenoxy) is 3. The van der Waals surface area contributed by atoms with Crippen LogP contribution in [0.1, 0.15) is 63.5 Å². The molecule has 2 aromatic carbocycles. The van der Waals surface area contributed by atoms with Gasteiger partial charge in [0.25, 0.3) is 0 Å². The second-order valence-electron chi connectivity index (χ2n) is 10.4. The zero-order valence-electron chi connectivity index (χ0n) is 24.2. The van der Waals surface area contributed by atoms with Gasteiger partial charge in [-0.15, -0.1) is 0 Å². The molecule has 0 aromatic heterocycles. The molecule has 1 heterocycles. The molecule has 0 saturated heterocycles. The van der Waals surface area contributed by atoms with E-state index in [4.69, 9.17) is 19.2 Å². The van der Waals surface area contributed by atoms with E-state index in [-0.39, 0.29) is 24.9 Å². The van der Waals surface area contributed by atoms with Crippen LogP contribution in [0.3, 0.4) is 0 Å². The van der Waals surface area contributed by atoms with Crippen molar-refractivity contribution in [2.24, 2.45) is 16.8 Å². The molecule has 1 aliphatic heterocycles. The molecule has 0 radical (unpaired) electrons. The molecule has 0 fully saturated rings. The molecule has 3 unspecified atom stereocenters. The van der Waals surface area contributed by atoms with Crippen molar-refractivity contribution in [2.75, 3.05) is 18.5 Å². The minimum atomic E-state index is -0.555. The maximum absolute atomic E-state index is 13.5. The summed E-state index contributed by atoms with van der Waals surface area (Å²) in [5.74, 6) is 0.436. The highest BCUT2D eigenvalue weighted by Crippen LogP contribution is 2.48. The van der Waals surface area contributed by atoms with Gasteiger partial charge in [0, 0.05) is 35.0 Å². The van der Waals surface area contributed by atoms with Crippen LogP contribution in [0, 0.1) is 23.2 Å². The number of nitriles is 1. The predicted molar refractivity (Wildman–Crippen MR) is 166 cm³/mol. The number of benzene rings is 2. The van der Waals surface area contributed by atoms with Crippen LogP contribution in [0.5, 0.6) is 11.5 Å². The Morgan fingerprint density at radius 2 is 1.98 bits per heavy atom. The second-order valence-corrected chi connectivity index (χ2v) is 11.3. The van der Waals surface area contributed by atoms with Gasteiger partial charge in [0.15, 0.2) is 17.3 Å². The lowest BCUT2D eigenvalue weighted by Gasteiger charge is -2.35. The number of halogens is 1. The summed E-state index contributed by atoms with van der Waals surface area (Å²) in [6.45, 7) is 10.2. The maximum atomic E-state index is 13.5. The molecule has 8 nitrogen and oxygen atoms in total. The number of anilines is 1. The topological polar surface area (TPSA) is 110 Å². The smallest absolute Gasteiger partial charge is 0.411 e. The molecule has 2 aromatic rings. The van der Waals surface area contributed by atoms with E-state index in [1.807, 2.05) is 38.1 Å². The first-order chi connectivity index (χ1) is 20.3. The Labute approximate surface area is 255 Å². The number of hydrogen-bond donors (Lipinski definition) is 1. The molecular formula is C33H36BrN3O5. The molecule has 2 aliphatic rings. The van der Waals surface area contributed by atoms with Crippen molar-refractivity contribution in [2.45, 2.75) is 59.0 Å². The van der Waals surface area contributed by atoms with Crippen molar-refractivity contribution >= 4 is 39.2 Å². The van der Waals surface area contributed by atoms with Crippen molar-refractivity contribution in [1.29, 1.82) is 5.26 Å². The Kier molecular flexibility index (Phi) is 10.6. The quantitative estimate of drug-likeness (QED) is 0.252. The van der Waals surface area contributed by atoms with Crippen LogP contribution in [0.15, 0.2) is 69.8 Å². The fourth-order valence-electron chi connectivity index (χ4n) is 5.58. The first-order valence-corrected chi connectivity index (χ1v) is 15.0. The van der Waals surface area contributed by atoms with Crippen LogP contribution in [0.2, 0.25) is 0 Å². The highest BCUT2D eigenvalue weighted by Gasteiger charge is 2.41. The number of nitrogens with one attached hydrogen (secondary N) is 1. The molecule has 1 aliphatic carbocycles. The molecule has 1 amide bonds. The lowest BCUT2D eigenvalue weighted by Crippen LogP contribution is -2.32. The van der Waals surface area contributed by atoms with Gasteiger partial charge in [0.2, 0.25) is 0 Å². The van der Waals surface area contributed by atoms with E-state index in [0.29, 0.717) is 40.3 Å². The summed E-state index contributed by atoms with van der Waals surface area (Å²) < 4.78 is 17.8. The normalized spacial score (nSPS) is 19.7. The lowest BCUT2D eigenvalue weighted by atomic mass is 9.70. The van der Waals surface area contributed by atoms with Gasteiger partial charge >= 0.3 is 6.09 Å². The van der Waals surface area contributed by atoms with Crippen molar-refractivity contribution in [1.82, 2.24) is 0 Å². The summed E-state index contributed by atoms with van der Waals surface area (Å²) in [6, 6.07) is 13.4. The van der Waals surface area contributed by atoms with Crippen LogP contribution in [-0.2, 0) is 16.1 Å². The van der Waals surface area contributed by atoms with Crippen molar-refractivity contribution < 1.29 is 23.8 Å². The van der Waals surface area contributed by atoms with Crippen molar-refractivity contribution in [3.8, 4) is 17.6 Å². The highest BCUT2D eigenvalue weighted by molar-refractivity contribution is 9.10. The second kappa shape index (κ2) is 14.3. The minimum absolute atomic E-state index is 0.0810. The van der Waals surface area contributed by atoms with E-state index in [1.54, 1.807) is 12.1 Å². The van der Waals surface area contributed by atoms with Gasteiger partial charge in [0.1, 0.15) is 13.2 Å². The number of aliphatic imine (C=N–C) groups is 1. The summed E-state index contributed by atoms with van der Waals surface area (Å²) in [6.07, 6.45) is 4.19. The Morgan fingerprint density at radius 3 is 2.64 bits per heavy atom. The summed E-state index contributed by atoms with van der Waals surface area (Å²) in [5, 5.41) is 12.8. The zero-order valence-corrected chi connectivity index (χ0v) is 25.8. The Bertz CT molecular complexity index is 1440. The number of carbonyl (C=O) groups is 2. The monoisotopic (exact) mass is 633 g/mol. The molecule has 3 atom stereocenters. The first kappa shape index (κ1) is 31.0. The number of hydrogen-bond acceptors (Lipinski definition) is 7.